The van der Waals surface area contributed by atoms with Crippen molar-refractivity contribution in [1.29, 1.82) is 0 Å². The molecule has 98 valence electrons. The minimum Gasteiger partial charge on any atom is -0.480 e. The summed E-state index contributed by atoms with van der Waals surface area (Å²) in [6, 6.07) is -0.402. The third-order valence-electron chi connectivity index (χ3n) is 4.09. The van der Waals surface area contributed by atoms with E-state index >= 15 is 0 Å². The normalized spacial score (nSPS) is 27.1. The molecule has 2 N–H and O–H groups in total. The lowest BCUT2D eigenvalue weighted by Gasteiger charge is -2.24. The fraction of sp³-hybridized carbons (Fsp3) is 0.692. The second kappa shape index (κ2) is 4.72. The summed E-state index contributed by atoms with van der Waals surface area (Å²) in [4.78, 5) is 15.8. The molecule has 0 radical (unpaired) electrons. The van der Waals surface area contributed by atoms with Crippen molar-refractivity contribution in [3.8, 4) is 0 Å². The number of rotatable bonds is 3. The Morgan fingerprint density at radius 3 is 3.17 bits per heavy atom. The van der Waals surface area contributed by atoms with E-state index < -0.39 is 12.0 Å². The predicted molar refractivity (Wildman–Crippen MR) is 66.5 cm³/mol. The smallest absolute Gasteiger partial charge is 0.326 e. The zero-order valence-corrected chi connectivity index (χ0v) is 10.4. The summed E-state index contributed by atoms with van der Waals surface area (Å²) in [6.07, 6.45) is 6.57. The van der Waals surface area contributed by atoms with Gasteiger partial charge in [-0.05, 0) is 44.7 Å². The highest BCUT2D eigenvalue weighted by Gasteiger charge is 2.29. The average Bonchev–Trinajstić information content (AvgIpc) is 2.99. The van der Waals surface area contributed by atoms with Crippen LogP contribution in [0.25, 0.3) is 0 Å². The number of imidazole rings is 1. The van der Waals surface area contributed by atoms with Crippen LogP contribution < -0.4 is 5.32 Å². The molecule has 5 heteroatoms. The van der Waals surface area contributed by atoms with Crippen molar-refractivity contribution in [3.63, 3.8) is 0 Å². The number of nitrogens with one attached hydrogen (secondary N) is 1. The summed E-state index contributed by atoms with van der Waals surface area (Å²) in [6.45, 7) is 2.10. The maximum absolute atomic E-state index is 11.3. The monoisotopic (exact) mass is 249 g/mol. The number of carboxylic acids is 1. The topological polar surface area (TPSA) is 67.2 Å². The van der Waals surface area contributed by atoms with Gasteiger partial charge < -0.3 is 15.0 Å². The molecule has 0 amide bonds. The lowest BCUT2D eigenvalue weighted by atomic mass is 10.0. The average molecular weight is 249 g/mol. The van der Waals surface area contributed by atoms with Crippen molar-refractivity contribution in [2.24, 2.45) is 5.92 Å². The number of aromatic nitrogens is 2. The van der Waals surface area contributed by atoms with E-state index in [2.05, 4.69) is 10.3 Å². The highest BCUT2D eigenvalue weighted by molar-refractivity contribution is 5.72. The molecule has 0 bridgehead atoms. The fourth-order valence-corrected chi connectivity index (χ4v) is 3.14. The molecule has 0 spiro atoms. The summed E-state index contributed by atoms with van der Waals surface area (Å²) in [5.41, 5.74) is 1.09. The molecule has 3 rings (SSSR count). The molecule has 1 aromatic heterocycles. The molecular weight excluding hydrogens is 230 g/mol. The zero-order chi connectivity index (χ0) is 12.5. The van der Waals surface area contributed by atoms with Crippen LogP contribution in [0.2, 0.25) is 0 Å². The Morgan fingerprint density at radius 1 is 1.56 bits per heavy atom. The molecule has 2 aliphatic heterocycles. The third-order valence-corrected chi connectivity index (χ3v) is 4.09. The van der Waals surface area contributed by atoms with Crippen molar-refractivity contribution >= 4 is 5.97 Å². The van der Waals surface area contributed by atoms with Crippen molar-refractivity contribution in [3.05, 3.63) is 17.7 Å². The van der Waals surface area contributed by atoms with Gasteiger partial charge in [-0.2, -0.15) is 0 Å². The van der Waals surface area contributed by atoms with E-state index in [0.717, 1.165) is 50.3 Å². The fourth-order valence-electron chi connectivity index (χ4n) is 3.14. The molecule has 2 aliphatic rings. The molecule has 0 aliphatic carbocycles. The van der Waals surface area contributed by atoms with E-state index in [1.165, 1.54) is 6.42 Å². The predicted octanol–water partition coefficient (Wildman–Crippen LogP) is 0.997. The maximum atomic E-state index is 11.3. The van der Waals surface area contributed by atoms with Crippen molar-refractivity contribution in [2.45, 2.75) is 38.1 Å². The van der Waals surface area contributed by atoms with Gasteiger partial charge in [-0.15, -0.1) is 0 Å². The van der Waals surface area contributed by atoms with Crippen molar-refractivity contribution in [1.82, 2.24) is 14.9 Å². The summed E-state index contributed by atoms with van der Waals surface area (Å²) in [5, 5.41) is 12.7. The molecule has 18 heavy (non-hydrogen) atoms. The van der Waals surface area contributed by atoms with Gasteiger partial charge in [0.2, 0.25) is 0 Å². The minimum absolute atomic E-state index is 0.402. The van der Waals surface area contributed by atoms with Gasteiger partial charge in [0, 0.05) is 18.3 Å². The number of carboxylic acid groups (broad SMARTS) is 1. The Hall–Kier alpha value is -1.36. The SMILES string of the molecule is O=C(O)C1CCCc2cnc(CC3CCNC3)n21. The standard InChI is InChI=1S/C13H19N3O2/c17-13(18)11-3-1-2-10-8-15-12(16(10)11)6-9-4-5-14-7-9/h8-9,11,14H,1-7H2,(H,17,18). The summed E-state index contributed by atoms with van der Waals surface area (Å²) >= 11 is 0. The van der Waals surface area contributed by atoms with Gasteiger partial charge in [-0.3, -0.25) is 0 Å². The zero-order valence-electron chi connectivity index (χ0n) is 10.4. The number of hydrogen-bond donors (Lipinski definition) is 2. The molecule has 1 fully saturated rings. The Balaban J connectivity index is 1.86. The Morgan fingerprint density at radius 2 is 2.44 bits per heavy atom. The highest BCUT2D eigenvalue weighted by atomic mass is 16.4. The molecule has 0 aromatic carbocycles. The second-order valence-corrected chi connectivity index (χ2v) is 5.34. The molecule has 5 nitrogen and oxygen atoms in total. The van der Waals surface area contributed by atoms with Crippen LogP contribution in [0, 0.1) is 5.92 Å². The van der Waals surface area contributed by atoms with Gasteiger partial charge >= 0.3 is 5.97 Å². The molecule has 2 atom stereocenters. The quantitative estimate of drug-likeness (QED) is 0.838. The number of nitrogens with zero attached hydrogens (tertiary/aromatic N) is 2. The molecule has 2 unspecified atom stereocenters. The van der Waals surface area contributed by atoms with Crippen LogP contribution in [0.4, 0.5) is 0 Å². The Kier molecular flexibility index (Phi) is 3.07. The van der Waals surface area contributed by atoms with Crippen LogP contribution in [-0.4, -0.2) is 33.7 Å². The number of aryl methyl sites for hydroxylation is 1. The van der Waals surface area contributed by atoms with Gasteiger partial charge in [-0.1, -0.05) is 0 Å². The second-order valence-electron chi connectivity index (χ2n) is 5.34. The first-order chi connectivity index (χ1) is 8.75. The number of carbonyl (C=O) groups is 1. The number of hydrogen-bond acceptors (Lipinski definition) is 3. The van der Waals surface area contributed by atoms with E-state index in [0.29, 0.717) is 5.92 Å². The van der Waals surface area contributed by atoms with Gasteiger partial charge in [0.25, 0.3) is 0 Å². The Bertz CT molecular complexity index is 449. The van der Waals surface area contributed by atoms with E-state index in [1.54, 1.807) is 0 Å². The number of aliphatic carboxylic acids is 1. The van der Waals surface area contributed by atoms with E-state index in [9.17, 15) is 9.90 Å². The summed E-state index contributed by atoms with van der Waals surface area (Å²) in [7, 11) is 0. The molecule has 0 saturated carbocycles. The van der Waals surface area contributed by atoms with Crippen LogP contribution in [0.1, 0.15) is 36.8 Å². The van der Waals surface area contributed by atoms with E-state index in [-0.39, 0.29) is 0 Å². The molecule has 3 heterocycles. The lowest BCUT2D eigenvalue weighted by molar-refractivity contribution is -0.141. The van der Waals surface area contributed by atoms with Gasteiger partial charge in [-0.25, -0.2) is 9.78 Å². The van der Waals surface area contributed by atoms with Crippen LogP contribution in [-0.2, 0) is 17.6 Å². The van der Waals surface area contributed by atoms with Gasteiger partial charge in [0.05, 0.1) is 0 Å². The van der Waals surface area contributed by atoms with Crippen molar-refractivity contribution in [2.75, 3.05) is 13.1 Å². The minimum atomic E-state index is -0.722. The summed E-state index contributed by atoms with van der Waals surface area (Å²) < 4.78 is 1.98. The van der Waals surface area contributed by atoms with E-state index in [4.69, 9.17) is 0 Å². The first-order valence-corrected chi connectivity index (χ1v) is 6.74. The van der Waals surface area contributed by atoms with Crippen LogP contribution in [0.15, 0.2) is 6.20 Å². The first kappa shape index (κ1) is 11.7. The molecular formula is C13H19N3O2. The maximum Gasteiger partial charge on any atom is 0.326 e. The van der Waals surface area contributed by atoms with E-state index in [1.807, 2.05) is 10.8 Å². The van der Waals surface area contributed by atoms with Crippen molar-refractivity contribution < 1.29 is 9.90 Å². The van der Waals surface area contributed by atoms with Gasteiger partial charge in [0.15, 0.2) is 0 Å². The number of fused-ring (bicyclic) bond motifs is 1. The van der Waals surface area contributed by atoms with Crippen LogP contribution in [0.3, 0.4) is 0 Å². The third kappa shape index (κ3) is 2.03. The van der Waals surface area contributed by atoms with Crippen LogP contribution >= 0.6 is 0 Å². The molecule has 1 saturated heterocycles. The lowest BCUT2D eigenvalue weighted by Crippen LogP contribution is -2.27. The first-order valence-electron chi connectivity index (χ1n) is 6.74. The highest BCUT2D eigenvalue weighted by Crippen LogP contribution is 2.28. The van der Waals surface area contributed by atoms with Crippen LogP contribution in [0.5, 0.6) is 0 Å². The Labute approximate surface area is 106 Å². The largest absolute Gasteiger partial charge is 0.480 e. The van der Waals surface area contributed by atoms with Gasteiger partial charge in [0.1, 0.15) is 11.9 Å². The summed E-state index contributed by atoms with van der Waals surface area (Å²) in [5.74, 6) is 0.846. The molecule has 1 aromatic rings.